The highest BCUT2D eigenvalue weighted by Crippen LogP contribution is 2.34. The van der Waals surface area contributed by atoms with Crippen LogP contribution in [0.3, 0.4) is 0 Å². The molecular formula is C20H22N2O. The van der Waals surface area contributed by atoms with Gasteiger partial charge in [0.15, 0.2) is 0 Å². The van der Waals surface area contributed by atoms with E-state index in [2.05, 4.69) is 23.2 Å². The van der Waals surface area contributed by atoms with Crippen LogP contribution in [-0.2, 0) is 11.2 Å². The third-order valence-corrected chi connectivity index (χ3v) is 5.23. The monoisotopic (exact) mass is 306 g/mol. The molecule has 0 N–H and O–H groups in total. The van der Waals surface area contributed by atoms with E-state index >= 15 is 0 Å². The third kappa shape index (κ3) is 2.88. The highest BCUT2D eigenvalue weighted by atomic mass is 16.2. The third-order valence-electron chi connectivity index (χ3n) is 5.23. The largest absolute Gasteiger partial charge is 0.312 e. The summed E-state index contributed by atoms with van der Waals surface area (Å²) in [6, 6.07) is 10.5. The van der Waals surface area contributed by atoms with Crippen LogP contribution in [0.2, 0.25) is 0 Å². The van der Waals surface area contributed by atoms with Gasteiger partial charge in [-0.2, -0.15) is 0 Å². The molecule has 2 aromatic rings. The Morgan fingerprint density at radius 2 is 1.87 bits per heavy atom. The lowest BCUT2D eigenvalue weighted by Crippen LogP contribution is -2.30. The topological polar surface area (TPSA) is 33.2 Å². The summed E-state index contributed by atoms with van der Waals surface area (Å²) >= 11 is 0. The van der Waals surface area contributed by atoms with Gasteiger partial charge in [-0.25, -0.2) is 0 Å². The first-order chi connectivity index (χ1) is 11.3. The number of anilines is 1. The minimum atomic E-state index is 0.312. The Labute approximate surface area is 137 Å². The van der Waals surface area contributed by atoms with Gasteiger partial charge in [0.2, 0.25) is 5.91 Å². The Bertz CT molecular complexity index is 705. The molecule has 23 heavy (non-hydrogen) atoms. The maximum absolute atomic E-state index is 12.6. The second kappa shape index (κ2) is 6.15. The summed E-state index contributed by atoms with van der Waals surface area (Å²) in [5.41, 5.74) is 4.79. The number of hydrogen-bond acceptors (Lipinski definition) is 2. The fourth-order valence-corrected chi connectivity index (χ4v) is 3.96. The predicted octanol–water partition coefficient (Wildman–Crippen LogP) is 4.22. The molecule has 4 rings (SSSR count). The summed E-state index contributed by atoms with van der Waals surface area (Å²) in [6.45, 7) is 0.834. The Balaban J connectivity index is 1.54. The number of carbonyl (C=O) groups is 1. The van der Waals surface area contributed by atoms with Crippen molar-refractivity contribution in [1.29, 1.82) is 0 Å². The highest BCUT2D eigenvalue weighted by molar-refractivity contribution is 5.96. The first-order valence-electron chi connectivity index (χ1n) is 8.65. The number of aromatic nitrogens is 1. The van der Waals surface area contributed by atoms with E-state index in [9.17, 15) is 4.79 Å². The van der Waals surface area contributed by atoms with Crippen LogP contribution < -0.4 is 4.90 Å². The Hall–Kier alpha value is -2.16. The van der Waals surface area contributed by atoms with Crippen LogP contribution in [0.5, 0.6) is 0 Å². The molecule has 1 amide bonds. The molecule has 1 aliphatic carbocycles. The number of carbonyl (C=O) groups excluding carboxylic acids is 1. The molecule has 1 aromatic heterocycles. The summed E-state index contributed by atoms with van der Waals surface area (Å²) in [5.74, 6) is 0.926. The normalized spacial score (nSPS) is 17.5. The summed E-state index contributed by atoms with van der Waals surface area (Å²) < 4.78 is 0. The molecule has 2 aliphatic rings. The van der Waals surface area contributed by atoms with E-state index in [0.717, 1.165) is 25.1 Å². The number of nitrogens with zero attached hydrogens (tertiary/aromatic N) is 2. The van der Waals surface area contributed by atoms with Gasteiger partial charge in [0.25, 0.3) is 0 Å². The summed E-state index contributed by atoms with van der Waals surface area (Å²) in [4.78, 5) is 18.7. The molecule has 3 heteroatoms. The SMILES string of the molecule is O=C(CC1CCCC1)N1CCc2cc(-c3ccncc3)ccc21. The molecule has 0 bridgehead atoms. The molecule has 1 aliphatic heterocycles. The van der Waals surface area contributed by atoms with Crippen molar-refractivity contribution in [2.24, 2.45) is 5.92 Å². The number of hydrogen-bond donors (Lipinski definition) is 0. The van der Waals surface area contributed by atoms with Gasteiger partial charge in [0, 0.05) is 31.0 Å². The number of pyridine rings is 1. The molecule has 3 nitrogen and oxygen atoms in total. The Kier molecular flexibility index (Phi) is 3.86. The van der Waals surface area contributed by atoms with E-state index in [1.165, 1.54) is 42.4 Å². The van der Waals surface area contributed by atoms with Gasteiger partial charge < -0.3 is 4.90 Å². The molecule has 0 atom stereocenters. The van der Waals surface area contributed by atoms with Crippen molar-refractivity contribution in [3.8, 4) is 11.1 Å². The maximum atomic E-state index is 12.6. The van der Waals surface area contributed by atoms with Crippen molar-refractivity contribution in [1.82, 2.24) is 4.98 Å². The van der Waals surface area contributed by atoms with Crippen LogP contribution in [0.4, 0.5) is 5.69 Å². The number of fused-ring (bicyclic) bond motifs is 1. The molecular weight excluding hydrogens is 284 g/mol. The van der Waals surface area contributed by atoms with Crippen molar-refractivity contribution < 1.29 is 4.79 Å². The lowest BCUT2D eigenvalue weighted by molar-refractivity contribution is -0.119. The standard InChI is InChI=1S/C20H22N2O/c23-20(13-15-3-1-2-4-15)22-12-9-18-14-17(5-6-19(18)22)16-7-10-21-11-8-16/h5-8,10-11,14-15H,1-4,9,12-13H2. The predicted molar refractivity (Wildman–Crippen MR) is 92.3 cm³/mol. The molecule has 0 saturated heterocycles. The zero-order chi connectivity index (χ0) is 15.6. The van der Waals surface area contributed by atoms with Gasteiger partial charge in [0.1, 0.15) is 0 Å². The smallest absolute Gasteiger partial charge is 0.227 e. The molecule has 1 aromatic carbocycles. The van der Waals surface area contributed by atoms with Crippen molar-refractivity contribution in [3.63, 3.8) is 0 Å². The van der Waals surface area contributed by atoms with Crippen LogP contribution in [0.1, 0.15) is 37.7 Å². The summed E-state index contributed by atoms with van der Waals surface area (Å²) in [7, 11) is 0. The molecule has 0 spiro atoms. The van der Waals surface area contributed by atoms with E-state index in [4.69, 9.17) is 0 Å². The van der Waals surface area contributed by atoms with Crippen LogP contribution >= 0.6 is 0 Å². The molecule has 118 valence electrons. The molecule has 1 fully saturated rings. The second-order valence-corrected chi connectivity index (χ2v) is 6.73. The average molecular weight is 306 g/mol. The summed E-state index contributed by atoms with van der Waals surface area (Å²) in [6.07, 6.45) is 10.4. The average Bonchev–Trinajstić information content (AvgIpc) is 3.24. The maximum Gasteiger partial charge on any atom is 0.227 e. The van der Waals surface area contributed by atoms with E-state index in [0.29, 0.717) is 11.8 Å². The number of benzene rings is 1. The van der Waals surface area contributed by atoms with Gasteiger partial charge in [0.05, 0.1) is 0 Å². The molecule has 2 heterocycles. The van der Waals surface area contributed by atoms with Crippen molar-refractivity contribution >= 4 is 11.6 Å². The van der Waals surface area contributed by atoms with Crippen molar-refractivity contribution in [3.05, 3.63) is 48.3 Å². The van der Waals surface area contributed by atoms with Crippen molar-refractivity contribution in [2.75, 3.05) is 11.4 Å². The number of amides is 1. The van der Waals surface area contributed by atoms with E-state index in [1.54, 1.807) is 0 Å². The lowest BCUT2D eigenvalue weighted by Gasteiger charge is -2.19. The van der Waals surface area contributed by atoms with Gasteiger partial charge >= 0.3 is 0 Å². The van der Waals surface area contributed by atoms with Crippen LogP contribution in [0.25, 0.3) is 11.1 Å². The fourth-order valence-electron chi connectivity index (χ4n) is 3.96. The van der Waals surface area contributed by atoms with Crippen LogP contribution in [0.15, 0.2) is 42.7 Å². The van der Waals surface area contributed by atoms with Crippen molar-refractivity contribution in [2.45, 2.75) is 38.5 Å². The number of rotatable bonds is 3. The van der Waals surface area contributed by atoms with E-state index in [-0.39, 0.29) is 0 Å². The second-order valence-electron chi connectivity index (χ2n) is 6.73. The van der Waals surface area contributed by atoms with Gasteiger partial charge in [-0.1, -0.05) is 18.9 Å². The van der Waals surface area contributed by atoms with E-state index in [1.807, 2.05) is 29.4 Å². The first kappa shape index (κ1) is 14.4. The fraction of sp³-hybridized carbons (Fsp3) is 0.400. The Morgan fingerprint density at radius 3 is 2.65 bits per heavy atom. The zero-order valence-electron chi connectivity index (χ0n) is 13.4. The Morgan fingerprint density at radius 1 is 1.09 bits per heavy atom. The lowest BCUT2D eigenvalue weighted by atomic mass is 10.0. The van der Waals surface area contributed by atoms with Gasteiger partial charge in [-0.15, -0.1) is 0 Å². The van der Waals surface area contributed by atoms with Crippen LogP contribution in [-0.4, -0.2) is 17.4 Å². The summed E-state index contributed by atoms with van der Waals surface area (Å²) in [5, 5.41) is 0. The zero-order valence-corrected chi connectivity index (χ0v) is 13.4. The van der Waals surface area contributed by atoms with E-state index < -0.39 is 0 Å². The molecule has 0 unspecified atom stereocenters. The minimum Gasteiger partial charge on any atom is -0.312 e. The van der Waals surface area contributed by atoms with Gasteiger partial charge in [-0.3, -0.25) is 9.78 Å². The highest BCUT2D eigenvalue weighted by Gasteiger charge is 2.27. The minimum absolute atomic E-state index is 0.312. The first-order valence-corrected chi connectivity index (χ1v) is 8.65. The molecule has 1 saturated carbocycles. The van der Waals surface area contributed by atoms with Gasteiger partial charge in [-0.05, 0) is 66.1 Å². The molecule has 0 radical (unpaired) electrons. The van der Waals surface area contributed by atoms with Crippen LogP contribution in [0, 0.1) is 5.92 Å². The quantitative estimate of drug-likeness (QED) is 0.850.